The topological polar surface area (TPSA) is 205 Å². The lowest BCUT2D eigenvalue weighted by atomic mass is 10.1. The molecule has 0 aliphatic carbocycles. The fourth-order valence-corrected chi connectivity index (χ4v) is 4.13. The fraction of sp³-hybridized carbons (Fsp3) is 0.273. The number of alkyl halides is 3. The maximum Gasteiger partial charge on any atom is 0.495 e. The summed E-state index contributed by atoms with van der Waals surface area (Å²) < 4.78 is 70.4. The van der Waals surface area contributed by atoms with Gasteiger partial charge in [-0.2, -0.15) is 23.2 Å². The van der Waals surface area contributed by atoms with E-state index in [1.807, 2.05) is 4.72 Å². The first-order valence-corrected chi connectivity index (χ1v) is 12.3. The number of carbonyl (C=O) groups excluding carboxylic acids is 2. The van der Waals surface area contributed by atoms with Crippen molar-refractivity contribution in [2.45, 2.75) is 30.0 Å². The van der Waals surface area contributed by atoms with Gasteiger partial charge in [0.2, 0.25) is 16.0 Å². The molecule has 0 heterocycles. The number of guanidine groups is 1. The van der Waals surface area contributed by atoms with E-state index in [2.05, 4.69) is 14.9 Å². The SMILES string of the molecule is N#Cc1ccccc1S(=O)(=O)N[C@@H](Cc1ccc(OCCCON=C(N)N)cc1)C(=O)OOC(=O)C(F)(F)F. The molecule has 2 rings (SSSR count). The summed E-state index contributed by atoms with van der Waals surface area (Å²) in [6.07, 6.45) is -5.48. The molecule has 0 bridgehead atoms. The molecule has 0 saturated carbocycles. The molecule has 0 saturated heterocycles. The summed E-state index contributed by atoms with van der Waals surface area (Å²) in [7, 11) is -4.57. The van der Waals surface area contributed by atoms with Crippen LogP contribution in [-0.4, -0.2) is 51.7 Å². The van der Waals surface area contributed by atoms with Crippen LogP contribution in [0.2, 0.25) is 0 Å². The Bertz CT molecular complexity index is 1320. The van der Waals surface area contributed by atoms with Gasteiger partial charge in [0.05, 0.1) is 17.1 Å². The Labute approximate surface area is 220 Å². The third-order valence-corrected chi connectivity index (χ3v) is 6.02. The maximum atomic E-state index is 12.9. The van der Waals surface area contributed by atoms with Gasteiger partial charge in [0.1, 0.15) is 24.5 Å². The van der Waals surface area contributed by atoms with Crippen molar-refractivity contribution in [2.75, 3.05) is 13.2 Å². The first-order valence-electron chi connectivity index (χ1n) is 10.8. The number of hydrogen-bond donors (Lipinski definition) is 3. The van der Waals surface area contributed by atoms with Gasteiger partial charge in [0.15, 0.2) is 0 Å². The number of carbonyl (C=O) groups is 2. The van der Waals surface area contributed by atoms with E-state index in [9.17, 15) is 36.4 Å². The highest BCUT2D eigenvalue weighted by atomic mass is 32.2. The molecular formula is C22H22F3N5O8S. The number of halogens is 3. The summed E-state index contributed by atoms with van der Waals surface area (Å²) in [5.41, 5.74) is 10.3. The maximum absolute atomic E-state index is 12.9. The van der Waals surface area contributed by atoms with E-state index < -0.39 is 45.5 Å². The summed E-state index contributed by atoms with van der Waals surface area (Å²) in [6, 6.07) is 10.7. The van der Waals surface area contributed by atoms with Crippen molar-refractivity contribution in [3.05, 3.63) is 59.7 Å². The van der Waals surface area contributed by atoms with Gasteiger partial charge >= 0.3 is 18.1 Å². The number of hydrogen-bond acceptors (Lipinski definition) is 10. The summed E-state index contributed by atoms with van der Waals surface area (Å²) in [5.74, 6) is -4.31. The van der Waals surface area contributed by atoms with Crippen molar-refractivity contribution in [2.24, 2.45) is 16.6 Å². The minimum absolute atomic E-state index is 0.174. The monoisotopic (exact) mass is 573 g/mol. The van der Waals surface area contributed by atoms with Crippen LogP contribution >= 0.6 is 0 Å². The summed E-state index contributed by atoms with van der Waals surface area (Å²) in [4.78, 5) is 35.2. The van der Waals surface area contributed by atoms with Crippen LogP contribution < -0.4 is 20.9 Å². The Morgan fingerprint density at radius 2 is 1.72 bits per heavy atom. The van der Waals surface area contributed by atoms with E-state index in [0.29, 0.717) is 17.7 Å². The van der Waals surface area contributed by atoms with Gasteiger partial charge in [0, 0.05) is 6.42 Å². The second-order valence-electron chi connectivity index (χ2n) is 7.45. The van der Waals surface area contributed by atoms with Crippen LogP contribution in [0, 0.1) is 11.3 Å². The quantitative estimate of drug-likeness (QED) is 0.107. The Hall–Kier alpha value is -4.56. The molecule has 0 unspecified atom stereocenters. The number of nitrogens with one attached hydrogen (secondary N) is 1. The van der Waals surface area contributed by atoms with Gasteiger partial charge in [-0.1, -0.05) is 24.3 Å². The summed E-state index contributed by atoms with van der Waals surface area (Å²) in [5, 5.41) is 12.5. The fourth-order valence-electron chi connectivity index (χ4n) is 2.79. The number of oxime groups is 1. The molecular weight excluding hydrogens is 551 g/mol. The molecule has 2 aromatic carbocycles. The minimum atomic E-state index is -5.46. The van der Waals surface area contributed by atoms with E-state index in [-0.39, 0.29) is 24.7 Å². The van der Waals surface area contributed by atoms with E-state index in [1.54, 1.807) is 6.07 Å². The highest BCUT2D eigenvalue weighted by Crippen LogP contribution is 2.19. The molecule has 0 aliphatic rings. The molecule has 0 amide bonds. The van der Waals surface area contributed by atoms with E-state index in [0.717, 1.165) is 6.07 Å². The van der Waals surface area contributed by atoms with Gasteiger partial charge in [-0.3, -0.25) is 0 Å². The number of sulfonamides is 1. The zero-order valence-electron chi connectivity index (χ0n) is 19.9. The molecule has 1 atom stereocenters. The number of rotatable bonds is 12. The van der Waals surface area contributed by atoms with Crippen LogP contribution in [0.5, 0.6) is 5.75 Å². The van der Waals surface area contributed by atoms with Gasteiger partial charge in [0.25, 0.3) is 0 Å². The normalized spacial score (nSPS) is 11.9. The standard InChI is InChI=1S/C22H22F3N5O8S/c23-22(24,25)20(32)38-37-19(31)17(30-39(33,34)18-5-2-1-4-15(18)13-26)12-14-6-8-16(9-7-14)35-10-3-11-36-29-21(27)28/h1-2,4-9,17,30H,3,10-12H2,(H4,27,28,29)/t17-/m0/s1. The van der Waals surface area contributed by atoms with Crippen molar-refractivity contribution in [3.8, 4) is 11.8 Å². The summed E-state index contributed by atoms with van der Waals surface area (Å²) in [6.45, 7) is 0.394. The van der Waals surface area contributed by atoms with Crippen LogP contribution in [0.4, 0.5) is 13.2 Å². The molecule has 0 aliphatic heterocycles. The van der Waals surface area contributed by atoms with Gasteiger partial charge in [-0.25, -0.2) is 27.8 Å². The van der Waals surface area contributed by atoms with Crippen LogP contribution in [0.15, 0.2) is 58.6 Å². The van der Waals surface area contributed by atoms with E-state index in [1.165, 1.54) is 42.5 Å². The third-order valence-electron chi connectivity index (χ3n) is 4.49. The Morgan fingerprint density at radius 1 is 1.05 bits per heavy atom. The lowest BCUT2D eigenvalue weighted by molar-refractivity contribution is -0.286. The summed E-state index contributed by atoms with van der Waals surface area (Å²) >= 11 is 0. The lowest BCUT2D eigenvalue weighted by Crippen LogP contribution is -2.44. The van der Waals surface area contributed by atoms with Crippen LogP contribution in [0.25, 0.3) is 0 Å². The first kappa shape index (κ1) is 30.7. The molecule has 0 radical (unpaired) electrons. The van der Waals surface area contributed by atoms with Gasteiger partial charge < -0.3 is 21.0 Å². The van der Waals surface area contributed by atoms with Crippen molar-refractivity contribution < 1.29 is 50.5 Å². The smallest absolute Gasteiger partial charge is 0.493 e. The number of nitrogens with two attached hydrogens (primary N) is 2. The van der Waals surface area contributed by atoms with Crippen molar-refractivity contribution >= 4 is 27.9 Å². The number of nitrogens with zero attached hydrogens (tertiary/aromatic N) is 2. The molecule has 39 heavy (non-hydrogen) atoms. The molecule has 0 fully saturated rings. The molecule has 17 heteroatoms. The van der Waals surface area contributed by atoms with Gasteiger partial charge in [-0.15, -0.1) is 0 Å². The zero-order chi connectivity index (χ0) is 29.1. The zero-order valence-corrected chi connectivity index (χ0v) is 20.7. The average Bonchev–Trinajstić information content (AvgIpc) is 2.88. The molecule has 5 N–H and O–H groups in total. The van der Waals surface area contributed by atoms with Crippen molar-refractivity contribution in [1.82, 2.24) is 4.72 Å². The minimum Gasteiger partial charge on any atom is -0.493 e. The van der Waals surface area contributed by atoms with E-state index in [4.69, 9.17) is 21.0 Å². The number of ether oxygens (including phenoxy) is 1. The molecule has 2 aromatic rings. The molecule has 0 spiro atoms. The number of benzene rings is 2. The first-order chi connectivity index (χ1) is 18.3. The highest BCUT2D eigenvalue weighted by Gasteiger charge is 2.43. The van der Waals surface area contributed by atoms with Crippen LogP contribution in [-0.2, 0) is 40.6 Å². The van der Waals surface area contributed by atoms with Crippen LogP contribution in [0.1, 0.15) is 17.5 Å². The molecule has 0 aromatic heterocycles. The Kier molecular flexibility index (Phi) is 10.9. The van der Waals surface area contributed by atoms with Gasteiger partial charge in [-0.05, 0) is 41.4 Å². The average molecular weight is 574 g/mol. The lowest BCUT2D eigenvalue weighted by Gasteiger charge is -2.17. The number of nitriles is 1. The Morgan fingerprint density at radius 3 is 2.33 bits per heavy atom. The predicted octanol–water partition coefficient (Wildman–Crippen LogP) is 0.985. The van der Waals surface area contributed by atoms with E-state index >= 15 is 0 Å². The van der Waals surface area contributed by atoms with Crippen molar-refractivity contribution in [1.29, 1.82) is 5.26 Å². The van der Waals surface area contributed by atoms with Crippen molar-refractivity contribution in [3.63, 3.8) is 0 Å². The highest BCUT2D eigenvalue weighted by molar-refractivity contribution is 7.89. The predicted molar refractivity (Wildman–Crippen MR) is 126 cm³/mol. The third kappa shape index (κ3) is 10.0. The second-order valence-corrected chi connectivity index (χ2v) is 9.13. The van der Waals surface area contributed by atoms with Crippen LogP contribution in [0.3, 0.4) is 0 Å². The largest absolute Gasteiger partial charge is 0.495 e. The molecule has 13 nitrogen and oxygen atoms in total. The second kappa shape index (κ2) is 13.8. The Balaban J connectivity index is 2.15. The molecule has 210 valence electrons.